The van der Waals surface area contributed by atoms with Crippen molar-refractivity contribution in [2.45, 2.75) is 43.4 Å². The summed E-state index contributed by atoms with van der Waals surface area (Å²) >= 11 is 0. The summed E-state index contributed by atoms with van der Waals surface area (Å²) in [7, 11) is -4.28. The molecule has 0 bridgehead atoms. The fourth-order valence-electron chi connectivity index (χ4n) is 4.93. The minimum Gasteiger partial charge on any atom is -0.315 e. The topological polar surface area (TPSA) is 60.9 Å². The molecule has 6 nitrogen and oxygen atoms in total. The summed E-state index contributed by atoms with van der Waals surface area (Å²) in [6.07, 6.45) is 8.16. The van der Waals surface area contributed by atoms with Crippen LogP contribution in [0.5, 0.6) is 0 Å². The molecule has 0 radical (unpaired) electrons. The number of amides is 1. The molecule has 2 aliphatic heterocycles. The molecular formula is C22H29F2N3O3S. The lowest BCUT2D eigenvalue weighted by Crippen LogP contribution is -2.45. The molecule has 31 heavy (non-hydrogen) atoms. The van der Waals surface area contributed by atoms with Gasteiger partial charge in [0.15, 0.2) is 4.90 Å². The van der Waals surface area contributed by atoms with E-state index in [4.69, 9.17) is 0 Å². The van der Waals surface area contributed by atoms with E-state index in [1.807, 2.05) is 9.80 Å². The Labute approximate surface area is 182 Å². The van der Waals surface area contributed by atoms with Crippen LogP contribution in [-0.4, -0.2) is 67.7 Å². The van der Waals surface area contributed by atoms with E-state index in [-0.39, 0.29) is 25.5 Å². The van der Waals surface area contributed by atoms with Crippen LogP contribution in [0.1, 0.15) is 38.5 Å². The number of piperidine rings is 1. The molecule has 2 heterocycles. The van der Waals surface area contributed by atoms with Crippen molar-refractivity contribution in [2.75, 3.05) is 39.3 Å². The van der Waals surface area contributed by atoms with Crippen molar-refractivity contribution in [2.24, 2.45) is 5.92 Å². The molecule has 0 spiro atoms. The molecule has 0 unspecified atom stereocenters. The van der Waals surface area contributed by atoms with Crippen LogP contribution in [0.15, 0.2) is 34.9 Å². The van der Waals surface area contributed by atoms with Gasteiger partial charge in [-0.05, 0) is 63.1 Å². The molecule has 1 atom stereocenters. The zero-order chi connectivity index (χ0) is 22.0. The predicted molar refractivity (Wildman–Crippen MR) is 113 cm³/mol. The number of nitrogens with zero attached hydrogens (tertiary/aromatic N) is 3. The van der Waals surface area contributed by atoms with Gasteiger partial charge >= 0.3 is 0 Å². The summed E-state index contributed by atoms with van der Waals surface area (Å²) in [5, 5.41) is 0. The lowest BCUT2D eigenvalue weighted by molar-refractivity contribution is -0.131. The van der Waals surface area contributed by atoms with Gasteiger partial charge in [0.25, 0.3) is 0 Å². The van der Waals surface area contributed by atoms with Gasteiger partial charge in [0.05, 0.1) is 6.54 Å². The molecule has 1 aromatic carbocycles. The quantitative estimate of drug-likeness (QED) is 0.703. The molecular weight excluding hydrogens is 424 g/mol. The number of hydrogen-bond donors (Lipinski definition) is 0. The van der Waals surface area contributed by atoms with Crippen LogP contribution in [0.4, 0.5) is 8.78 Å². The van der Waals surface area contributed by atoms with E-state index in [0.717, 1.165) is 60.4 Å². The maximum Gasteiger partial charge on any atom is 0.248 e. The fraction of sp³-hybridized carbons (Fsp3) is 0.591. The van der Waals surface area contributed by atoms with E-state index in [2.05, 4.69) is 6.08 Å². The first-order valence-corrected chi connectivity index (χ1v) is 12.5. The number of benzene rings is 1. The molecule has 3 aliphatic rings. The number of halogens is 2. The largest absolute Gasteiger partial charge is 0.315 e. The average molecular weight is 454 g/mol. The highest BCUT2D eigenvalue weighted by Crippen LogP contribution is 2.35. The van der Waals surface area contributed by atoms with Crippen molar-refractivity contribution < 1.29 is 22.0 Å². The Bertz CT molecular complexity index is 946. The van der Waals surface area contributed by atoms with Crippen LogP contribution in [-0.2, 0) is 14.8 Å². The standard InChI is InChI=1S/C22H29F2N3O3S/c23-18-8-3-9-19(24)22(18)31(29,30)26-12-5-11-25(14-15-26)16-21(28)27-13-4-7-17-6-1-2-10-20(17)27/h3,8-10,17H,1-2,4-7,11-16H2/t17-/m0/s1. The summed E-state index contributed by atoms with van der Waals surface area (Å²) < 4.78 is 55.0. The third kappa shape index (κ3) is 4.68. The number of allylic oxidation sites excluding steroid dienone is 2. The van der Waals surface area contributed by atoms with Gasteiger partial charge in [0.2, 0.25) is 15.9 Å². The molecule has 2 saturated heterocycles. The summed E-state index contributed by atoms with van der Waals surface area (Å²) in [6, 6.07) is 3.04. The molecule has 2 fully saturated rings. The Morgan fingerprint density at radius 1 is 0.968 bits per heavy atom. The second-order valence-corrected chi connectivity index (χ2v) is 10.4. The van der Waals surface area contributed by atoms with Gasteiger partial charge in [0, 0.05) is 31.9 Å². The Kier molecular flexibility index (Phi) is 6.74. The molecule has 1 amide bonds. The number of carbonyl (C=O) groups excluding carboxylic acids is 1. The second kappa shape index (κ2) is 9.34. The van der Waals surface area contributed by atoms with Gasteiger partial charge in [-0.2, -0.15) is 4.31 Å². The smallest absolute Gasteiger partial charge is 0.248 e. The summed E-state index contributed by atoms with van der Waals surface area (Å²) in [4.78, 5) is 16.0. The van der Waals surface area contributed by atoms with E-state index >= 15 is 0 Å². The van der Waals surface area contributed by atoms with E-state index < -0.39 is 26.6 Å². The van der Waals surface area contributed by atoms with Gasteiger partial charge in [-0.15, -0.1) is 0 Å². The molecule has 0 N–H and O–H groups in total. The third-order valence-corrected chi connectivity index (χ3v) is 8.45. The first-order chi connectivity index (χ1) is 14.9. The van der Waals surface area contributed by atoms with Gasteiger partial charge in [-0.25, -0.2) is 17.2 Å². The minimum absolute atomic E-state index is 0.0503. The molecule has 0 aromatic heterocycles. The summed E-state index contributed by atoms with van der Waals surface area (Å²) in [5.41, 5.74) is 1.16. The van der Waals surface area contributed by atoms with Crippen LogP contribution in [0.25, 0.3) is 0 Å². The van der Waals surface area contributed by atoms with Crippen LogP contribution in [0.2, 0.25) is 0 Å². The molecule has 1 aliphatic carbocycles. The van der Waals surface area contributed by atoms with E-state index in [9.17, 15) is 22.0 Å². The highest BCUT2D eigenvalue weighted by Gasteiger charge is 2.34. The number of rotatable bonds is 4. The SMILES string of the molecule is O=C(CN1CCCN(S(=O)(=O)c2c(F)cccc2F)CC1)N1CCC[C@@H]2CCCC=C21. The van der Waals surface area contributed by atoms with Crippen LogP contribution in [0.3, 0.4) is 0 Å². The normalized spacial score (nSPS) is 23.7. The summed E-state index contributed by atoms with van der Waals surface area (Å²) in [5.74, 6) is -1.64. The highest BCUT2D eigenvalue weighted by atomic mass is 32.2. The van der Waals surface area contributed by atoms with E-state index in [0.29, 0.717) is 25.4 Å². The predicted octanol–water partition coefficient (Wildman–Crippen LogP) is 2.97. The van der Waals surface area contributed by atoms with Crippen molar-refractivity contribution in [3.8, 4) is 0 Å². The average Bonchev–Trinajstić information content (AvgIpc) is 2.99. The van der Waals surface area contributed by atoms with E-state index in [1.54, 1.807) is 0 Å². The maximum absolute atomic E-state index is 14.1. The monoisotopic (exact) mass is 453 g/mol. The molecule has 170 valence electrons. The van der Waals surface area contributed by atoms with Crippen molar-refractivity contribution in [1.82, 2.24) is 14.1 Å². The minimum atomic E-state index is -4.28. The molecule has 0 saturated carbocycles. The zero-order valence-electron chi connectivity index (χ0n) is 17.6. The van der Waals surface area contributed by atoms with Crippen molar-refractivity contribution >= 4 is 15.9 Å². The van der Waals surface area contributed by atoms with Gasteiger partial charge < -0.3 is 4.90 Å². The fourth-order valence-corrected chi connectivity index (χ4v) is 6.50. The molecule has 1 aromatic rings. The van der Waals surface area contributed by atoms with Gasteiger partial charge in [-0.1, -0.05) is 12.1 Å². The number of sulfonamides is 1. The summed E-state index contributed by atoms with van der Waals surface area (Å²) in [6.45, 7) is 2.13. The van der Waals surface area contributed by atoms with Crippen molar-refractivity contribution in [3.63, 3.8) is 0 Å². The van der Waals surface area contributed by atoms with E-state index in [1.165, 1.54) is 6.42 Å². The lowest BCUT2D eigenvalue weighted by atomic mass is 9.85. The first-order valence-electron chi connectivity index (χ1n) is 11.0. The van der Waals surface area contributed by atoms with Gasteiger partial charge in [0.1, 0.15) is 11.6 Å². The maximum atomic E-state index is 14.1. The molecule has 4 rings (SSSR count). The number of hydrogen-bond acceptors (Lipinski definition) is 4. The van der Waals surface area contributed by atoms with Crippen LogP contribution in [0, 0.1) is 17.6 Å². The van der Waals surface area contributed by atoms with Crippen LogP contribution >= 0.6 is 0 Å². The number of likely N-dealkylation sites (tertiary alicyclic amines) is 1. The Balaban J connectivity index is 1.41. The zero-order valence-corrected chi connectivity index (χ0v) is 18.4. The van der Waals surface area contributed by atoms with Crippen molar-refractivity contribution in [1.29, 1.82) is 0 Å². The third-order valence-electron chi connectivity index (χ3n) is 6.50. The lowest BCUT2D eigenvalue weighted by Gasteiger charge is -2.38. The van der Waals surface area contributed by atoms with Gasteiger partial charge in [-0.3, -0.25) is 9.69 Å². The molecule has 9 heteroatoms. The second-order valence-electron chi connectivity index (χ2n) is 8.53. The first kappa shape index (κ1) is 22.4. The Hall–Kier alpha value is -1.84. The Morgan fingerprint density at radius 3 is 2.48 bits per heavy atom. The number of fused-ring (bicyclic) bond motifs is 1. The van der Waals surface area contributed by atoms with Crippen molar-refractivity contribution in [3.05, 3.63) is 41.6 Å². The Morgan fingerprint density at radius 2 is 1.71 bits per heavy atom. The number of carbonyl (C=O) groups is 1. The van der Waals surface area contributed by atoms with Crippen LogP contribution < -0.4 is 0 Å². The highest BCUT2D eigenvalue weighted by molar-refractivity contribution is 7.89.